The Morgan fingerprint density at radius 1 is 1.14 bits per heavy atom. The van der Waals surface area contributed by atoms with Crippen molar-refractivity contribution in [1.29, 1.82) is 0 Å². The van der Waals surface area contributed by atoms with Gasteiger partial charge in [-0.3, -0.25) is 9.59 Å². The van der Waals surface area contributed by atoms with E-state index in [1.54, 1.807) is 40.9 Å². The zero-order valence-electron chi connectivity index (χ0n) is 16.5. The third kappa shape index (κ3) is 4.05. The molecule has 29 heavy (non-hydrogen) atoms. The molecule has 0 saturated carbocycles. The van der Waals surface area contributed by atoms with Gasteiger partial charge in [-0.15, -0.1) is 11.8 Å². The van der Waals surface area contributed by atoms with E-state index < -0.39 is 6.04 Å². The summed E-state index contributed by atoms with van der Waals surface area (Å²) in [7, 11) is 0. The predicted molar refractivity (Wildman–Crippen MR) is 113 cm³/mol. The van der Waals surface area contributed by atoms with Gasteiger partial charge in [-0.05, 0) is 68.8 Å². The third-order valence-electron chi connectivity index (χ3n) is 5.24. The van der Waals surface area contributed by atoms with Crippen LogP contribution >= 0.6 is 11.8 Å². The van der Waals surface area contributed by atoms with E-state index in [1.807, 2.05) is 38.1 Å². The van der Waals surface area contributed by atoms with Crippen LogP contribution in [0.5, 0.6) is 17.2 Å². The van der Waals surface area contributed by atoms with Crippen molar-refractivity contribution in [3.63, 3.8) is 0 Å². The van der Waals surface area contributed by atoms with E-state index in [0.717, 1.165) is 12.2 Å². The van der Waals surface area contributed by atoms with Gasteiger partial charge in [-0.1, -0.05) is 0 Å². The number of hydrogen-bond acceptors (Lipinski definition) is 5. The van der Waals surface area contributed by atoms with E-state index in [2.05, 4.69) is 5.32 Å². The molecule has 2 aromatic carbocycles. The SMILES string of the molecule is CCOc1ccc(Oc2ccc(NC(=O)C3CSC4(C)CCC(=O)N34)cc2)cc1. The molecule has 2 heterocycles. The summed E-state index contributed by atoms with van der Waals surface area (Å²) in [6, 6.07) is 14.2. The number of amides is 2. The molecule has 4 rings (SSSR count). The Labute approximate surface area is 174 Å². The number of fused-ring (bicyclic) bond motifs is 1. The Balaban J connectivity index is 1.37. The smallest absolute Gasteiger partial charge is 0.248 e. The van der Waals surface area contributed by atoms with Crippen LogP contribution in [0.4, 0.5) is 5.69 Å². The largest absolute Gasteiger partial charge is 0.494 e. The summed E-state index contributed by atoms with van der Waals surface area (Å²) in [6.45, 7) is 4.61. The minimum absolute atomic E-state index is 0.0664. The maximum atomic E-state index is 12.7. The number of thioether (sulfide) groups is 1. The van der Waals surface area contributed by atoms with Gasteiger partial charge in [-0.2, -0.15) is 0 Å². The first-order valence-electron chi connectivity index (χ1n) is 9.76. The van der Waals surface area contributed by atoms with Gasteiger partial charge in [0, 0.05) is 17.9 Å². The topological polar surface area (TPSA) is 67.9 Å². The molecule has 2 saturated heterocycles. The summed E-state index contributed by atoms with van der Waals surface area (Å²) in [6.07, 6.45) is 1.32. The fourth-order valence-corrected chi connectivity index (χ4v) is 5.19. The van der Waals surface area contributed by atoms with Crippen LogP contribution in [0.1, 0.15) is 26.7 Å². The van der Waals surface area contributed by atoms with Crippen LogP contribution in [-0.2, 0) is 9.59 Å². The summed E-state index contributed by atoms with van der Waals surface area (Å²) >= 11 is 1.69. The number of carbonyl (C=O) groups is 2. The molecule has 6 nitrogen and oxygen atoms in total. The standard InChI is InChI=1S/C22H24N2O4S/c1-3-27-16-8-10-18(11-9-16)28-17-6-4-15(5-7-17)23-21(26)19-14-29-22(2)13-12-20(25)24(19)22/h4-11,19H,3,12-14H2,1-2H3,(H,23,26). The average Bonchev–Trinajstić information content (AvgIpc) is 3.21. The van der Waals surface area contributed by atoms with Crippen molar-refractivity contribution in [1.82, 2.24) is 4.90 Å². The molecule has 2 amide bonds. The number of benzene rings is 2. The van der Waals surface area contributed by atoms with E-state index in [1.165, 1.54) is 0 Å². The van der Waals surface area contributed by atoms with Gasteiger partial charge in [0.05, 0.1) is 11.5 Å². The molecular formula is C22H24N2O4S. The zero-order chi connectivity index (χ0) is 20.4. The van der Waals surface area contributed by atoms with E-state index in [4.69, 9.17) is 9.47 Å². The summed E-state index contributed by atoms with van der Waals surface area (Å²) in [4.78, 5) is 26.5. The Morgan fingerprint density at radius 2 is 1.76 bits per heavy atom. The van der Waals surface area contributed by atoms with Crippen molar-refractivity contribution in [2.45, 2.75) is 37.6 Å². The molecule has 0 aromatic heterocycles. The normalized spacial score (nSPS) is 23.0. The first-order valence-corrected chi connectivity index (χ1v) is 10.7. The van der Waals surface area contributed by atoms with Crippen LogP contribution in [-0.4, -0.2) is 40.0 Å². The highest BCUT2D eigenvalue weighted by Crippen LogP contribution is 2.47. The predicted octanol–water partition coefficient (Wildman–Crippen LogP) is 4.27. The van der Waals surface area contributed by atoms with E-state index in [-0.39, 0.29) is 16.7 Å². The van der Waals surface area contributed by atoms with Crippen molar-refractivity contribution in [2.75, 3.05) is 17.7 Å². The number of ether oxygens (including phenoxy) is 2. The second-order valence-corrected chi connectivity index (χ2v) is 8.79. The van der Waals surface area contributed by atoms with Crippen molar-refractivity contribution < 1.29 is 19.1 Å². The molecule has 2 aromatic rings. The number of hydrogen-bond donors (Lipinski definition) is 1. The van der Waals surface area contributed by atoms with Gasteiger partial charge in [0.15, 0.2) is 0 Å². The molecule has 152 valence electrons. The highest BCUT2D eigenvalue weighted by Gasteiger charge is 2.52. The fourth-order valence-electron chi connectivity index (χ4n) is 3.75. The van der Waals surface area contributed by atoms with Gasteiger partial charge in [-0.25, -0.2) is 0 Å². The molecule has 2 aliphatic rings. The van der Waals surface area contributed by atoms with Crippen LogP contribution < -0.4 is 14.8 Å². The van der Waals surface area contributed by atoms with Gasteiger partial charge in [0.25, 0.3) is 0 Å². The van der Waals surface area contributed by atoms with E-state index >= 15 is 0 Å². The Hall–Kier alpha value is -2.67. The highest BCUT2D eigenvalue weighted by atomic mass is 32.2. The number of nitrogens with zero attached hydrogens (tertiary/aromatic N) is 1. The van der Waals surface area contributed by atoms with Crippen molar-refractivity contribution >= 4 is 29.3 Å². The molecule has 7 heteroatoms. The molecule has 2 fully saturated rings. The molecule has 2 atom stereocenters. The summed E-state index contributed by atoms with van der Waals surface area (Å²) < 4.78 is 11.3. The van der Waals surface area contributed by atoms with Gasteiger partial charge in [0.2, 0.25) is 11.8 Å². The lowest BCUT2D eigenvalue weighted by Gasteiger charge is -2.29. The molecule has 0 spiro atoms. The number of anilines is 1. The second kappa shape index (κ2) is 7.99. The monoisotopic (exact) mass is 412 g/mol. The first kappa shape index (κ1) is 19.6. The second-order valence-electron chi connectivity index (χ2n) is 7.29. The van der Waals surface area contributed by atoms with Crippen LogP contribution in [0.15, 0.2) is 48.5 Å². The molecule has 0 bridgehead atoms. The van der Waals surface area contributed by atoms with Gasteiger partial charge >= 0.3 is 0 Å². The minimum atomic E-state index is -0.417. The molecule has 0 aliphatic carbocycles. The van der Waals surface area contributed by atoms with Crippen molar-refractivity contribution in [3.8, 4) is 17.2 Å². The molecule has 2 unspecified atom stereocenters. The van der Waals surface area contributed by atoms with E-state index in [0.29, 0.717) is 36.0 Å². The summed E-state index contributed by atoms with van der Waals surface area (Å²) in [5.41, 5.74) is 0.680. The van der Waals surface area contributed by atoms with Crippen molar-refractivity contribution in [3.05, 3.63) is 48.5 Å². The molecule has 2 aliphatic heterocycles. The molecular weight excluding hydrogens is 388 g/mol. The number of carbonyl (C=O) groups excluding carboxylic acids is 2. The minimum Gasteiger partial charge on any atom is -0.494 e. The lowest BCUT2D eigenvalue weighted by molar-refractivity contribution is -0.135. The Kier molecular flexibility index (Phi) is 5.41. The Bertz CT molecular complexity index is 900. The van der Waals surface area contributed by atoms with Gasteiger partial charge < -0.3 is 19.7 Å². The quantitative estimate of drug-likeness (QED) is 0.767. The van der Waals surface area contributed by atoms with Crippen LogP contribution in [0.2, 0.25) is 0 Å². The first-order chi connectivity index (χ1) is 14.0. The third-order valence-corrected chi connectivity index (χ3v) is 6.74. The number of nitrogens with one attached hydrogen (secondary N) is 1. The maximum Gasteiger partial charge on any atom is 0.248 e. The average molecular weight is 413 g/mol. The van der Waals surface area contributed by atoms with Crippen LogP contribution in [0, 0.1) is 0 Å². The lowest BCUT2D eigenvalue weighted by atomic mass is 10.2. The fraction of sp³-hybridized carbons (Fsp3) is 0.364. The molecule has 0 radical (unpaired) electrons. The summed E-state index contributed by atoms with van der Waals surface area (Å²) in [5, 5.41) is 2.93. The van der Waals surface area contributed by atoms with Gasteiger partial charge in [0.1, 0.15) is 23.3 Å². The Morgan fingerprint density at radius 3 is 2.41 bits per heavy atom. The van der Waals surface area contributed by atoms with Crippen molar-refractivity contribution in [2.24, 2.45) is 0 Å². The van der Waals surface area contributed by atoms with E-state index in [9.17, 15) is 9.59 Å². The molecule has 1 N–H and O–H groups in total. The van der Waals surface area contributed by atoms with Crippen LogP contribution in [0.3, 0.4) is 0 Å². The lowest BCUT2D eigenvalue weighted by Crippen LogP contribution is -2.48. The summed E-state index contributed by atoms with van der Waals surface area (Å²) in [5.74, 6) is 2.74. The number of rotatable bonds is 6. The zero-order valence-corrected chi connectivity index (χ0v) is 17.3. The maximum absolute atomic E-state index is 12.7. The van der Waals surface area contributed by atoms with Crippen LogP contribution in [0.25, 0.3) is 0 Å². The highest BCUT2D eigenvalue weighted by molar-refractivity contribution is 8.01.